The fourth-order valence-corrected chi connectivity index (χ4v) is 2.37. The molecule has 0 aliphatic carbocycles. The average Bonchev–Trinajstić information content (AvgIpc) is 2.63. The Labute approximate surface area is 114 Å². The molecular weight excluding hydrogens is 361 g/mol. The van der Waals surface area contributed by atoms with Gasteiger partial charge in [-0.2, -0.15) is 0 Å². The fraction of sp³-hybridized carbons (Fsp3) is 0.222. The van der Waals surface area contributed by atoms with Crippen LogP contribution in [0.5, 0.6) is 0 Å². The van der Waals surface area contributed by atoms with Crippen molar-refractivity contribution >= 4 is 51.8 Å². The van der Waals surface area contributed by atoms with Crippen LogP contribution in [0, 0.1) is 2.88 Å². The van der Waals surface area contributed by atoms with Crippen molar-refractivity contribution in [2.45, 2.75) is 12.5 Å². The molecule has 0 aliphatic rings. The van der Waals surface area contributed by atoms with Gasteiger partial charge >= 0.3 is 11.9 Å². The number of rotatable bonds is 5. The monoisotopic (exact) mass is 369 g/mol. The number of carbonyl (C=O) groups excluding carboxylic acids is 1. The summed E-state index contributed by atoms with van der Waals surface area (Å²) in [7, 11) is 0. The van der Waals surface area contributed by atoms with Crippen LogP contribution >= 0.6 is 33.9 Å². The summed E-state index contributed by atoms with van der Waals surface area (Å²) in [5, 5.41) is 21.0. The predicted octanol–water partition coefficient (Wildman–Crippen LogP) is 1.01. The van der Waals surface area contributed by atoms with E-state index >= 15 is 0 Å². The van der Waals surface area contributed by atoms with Crippen LogP contribution in [0.1, 0.15) is 16.8 Å². The van der Waals surface area contributed by atoms with Gasteiger partial charge in [0, 0.05) is 5.38 Å². The first-order chi connectivity index (χ1) is 7.90. The molecule has 1 rings (SSSR count). The molecule has 0 fully saturated rings. The van der Waals surface area contributed by atoms with E-state index < -0.39 is 30.3 Å². The smallest absolute Gasteiger partial charge is 0.326 e. The van der Waals surface area contributed by atoms with Gasteiger partial charge in [0.2, 0.25) is 0 Å². The molecule has 0 radical (unpaired) electrons. The van der Waals surface area contributed by atoms with E-state index in [4.69, 9.17) is 10.2 Å². The molecule has 0 aliphatic heterocycles. The van der Waals surface area contributed by atoms with Gasteiger partial charge in [-0.1, -0.05) is 0 Å². The van der Waals surface area contributed by atoms with Crippen LogP contribution < -0.4 is 5.32 Å². The van der Waals surface area contributed by atoms with Crippen molar-refractivity contribution in [3.63, 3.8) is 0 Å². The Hall–Kier alpha value is -1.16. The molecule has 0 spiro atoms. The Kier molecular flexibility index (Phi) is 4.87. The van der Waals surface area contributed by atoms with Gasteiger partial charge in [0.25, 0.3) is 5.91 Å². The highest BCUT2D eigenvalue weighted by atomic mass is 127. The minimum atomic E-state index is -1.42. The van der Waals surface area contributed by atoms with Gasteiger partial charge in [0.05, 0.1) is 14.9 Å². The highest BCUT2D eigenvalue weighted by Crippen LogP contribution is 2.16. The van der Waals surface area contributed by atoms with Crippen LogP contribution in [0.15, 0.2) is 11.4 Å². The maximum atomic E-state index is 11.6. The molecule has 0 unspecified atom stereocenters. The van der Waals surface area contributed by atoms with E-state index in [0.29, 0.717) is 5.56 Å². The topological polar surface area (TPSA) is 104 Å². The second kappa shape index (κ2) is 5.96. The Bertz CT molecular complexity index is 458. The Morgan fingerprint density at radius 3 is 2.47 bits per heavy atom. The summed E-state index contributed by atoms with van der Waals surface area (Å²) in [6.45, 7) is 0. The molecule has 3 N–H and O–H groups in total. The molecule has 8 heteroatoms. The minimum absolute atomic E-state index is 0.330. The molecule has 1 heterocycles. The Morgan fingerprint density at radius 2 is 2.06 bits per heavy atom. The van der Waals surface area contributed by atoms with Crippen molar-refractivity contribution < 1.29 is 24.6 Å². The number of nitrogens with one attached hydrogen (secondary N) is 1. The normalized spacial score (nSPS) is 11.8. The summed E-state index contributed by atoms with van der Waals surface area (Å²) in [5.74, 6) is -3.24. The first kappa shape index (κ1) is 13.9. The highest BCUT2D eigenvalue weighted by molar-refractivity contribution is 14.1. The van der Waals surface area contributed by atoms with E-state index in [-0.39, 0.29) is 0 Å². The van der Waals surface area contributed by atoms with E-state index in [9.17, 15) is 14.4 Å². The summed E-state index contributed by atoms with van der Waals surface area (Å²) in [6, 6.07) is 0.179. The van der Waals surface area contributed by atoms with E-state index in [1.807, 2.05) is 22.6 Å². The van der Waals surface area contributed by atoms with Gasteiger partial charge in [-0.15, -0.1) is 11.3 Å². The summed E-state index contributed by atoms with van der Waals surface area (Å²) in [4.78, 5) is 32.7. The molecule has 1 aromatic rings. The molecule has 0 bridgehead atoms. The Morgan fingerprint density at radius 1 is 1.41 bits per heavy atom. The number of amides is 1. The van der Waals surface area contributed by atoms with E-state index in [1.54, 1.807) is 11.4 Å². The SMILES string of the molecule is O=C(O)C[C@H](NC(=O)c1csc(I)c1)C(=O)O. The van der Waals surface area contributed by atoms with Crippen LogP contribution in [0.4, 0.5) is 0 Å². The molecule has 17 heavy (non-hydrogen) atoms. The van der Waals surface area contributed by atoms with Crippen molar-refractivity contribution in [2.24, 2.45) is 0 Å². The van der Waals surface area contributed by atoms with Gasteiger partial charge < -0.3 is 15.5 Å². The van der Waals surface area contributed by atoms with Crippen molar-refractivity contribution in [2.75, 3.05) is 0 Å². The molecule has 0 saturated heterocycles. The lowest BCUT2D eigenvalue weighted by atomic mass is 10.2. The molecule has 0 saturated carbocycles. The molecule has 1 atom stereocenters. The van der Waals surface area contributed by atoms with Crippen LogP contribution in [-0.2, 0) is 9.59 Å². The van der Waals surface area contributed by atoms with Crippen LogP contribution in [0.3, 0.4) is 0 Å². The number of halogens is 1. The second-order valence-electron chi connectivity index (χ2n) is 3.10. The van der Waals surface area contributed by atoms with Crippen LogP contribution in [-0.4, -0.2) is 34.1 Å². The van der Waals surface area contributed by atoms with Gasteiger partial charge in [-0.3, -0.25) is 9.59 Å². The molecule has 0 aromatic carbocycles. The van der Waals surface area contributed by atoms with Gasteiger partial charge in [-0.05, 0) is 28.7 Å². The van der Waals surface area contributed by atoms with Crippen molar-refractivity contribution in [3.8, 4) is 0 Å². The molecular formula is C9H8INO5S. The number of carboxylic acid groups (broad SMARTS) is 2. The third kappa shape index (κ3) is 4.30. The maximum Gasteiger partial charge on any atom is 0.326 e. The first-order valence-corrected chi connectivity index (χ1v) is 6.35. The summed E-state index contributed by atoms with van der Waals surface area (Å²) >= 11 is 3.37. The number of hydrogen-bond acceptors (Lipinski definition) is 4. The fourth-order valence-electron chi connectivity index (χ4n) is 1.05. The lowest BCUT2D eigenvalue weighted by Gasteiger charge is -2.11. The van der Waals surface area contributed by atoms with Crippen molar-refractivity contribution in [1.29, 1.82) is 0 Å². The van der Waals surface area contributed by atoms with Gasteiger partial charge in [0.15, 0.2) is 0 Å². The van der Waals surface area contributed by atoms with Crippen molar-refractivity contribution in [3.05, 3.63) is 19.9 Å². The summed E-state index contributed by atoms with van der Waals surface area (Å²) in [5.41, 5.74) is 0.330. The largest absolute Gasteiger partial charge is 0.481 e. The van der Waals surface area contributed by atoms with Gasteiger partial charge in [0.1, 0.15) is 6.04 Å². The third-order valence-corrected chi connectivity index (χ3v) is 3.60. The first-order valence-electron chi connectivity index (χ1n) is 4.39. The van der Waals surface area contributed by atoms with E-state index in [2.05, 4.69) is 5.32 Å². The molecule has 92 valence electrons. The molecule has 1 amide bonds. The molecule has 1 aromatic heterocycles. The zero-order valence-corrected chi connectivity index (χ0v) is 11.3. The minimum Gasteiger partial charge on any atom is -0.481 e. The van der Waals surface area contributed by atoms with Crippen molar-refractivity contribution in [1.82, 2.24) is 5.32 Å². The zero-order valence-electron chi connectivity index (χ0n) is 8.34. The third-order valence-electron chi connectivity index (χ3n) is 1.81. The summed E-state index contributed by atoms with van der Waals surface area (Å²) in [6.07, 6.45) is -0.650. The predicted molar refractivity (Wildman–Crippen MR) is 68.2 cm³/mol. The average molecular weight is 369 g/mol. The number of hydrogen-bond donors (Lipinski definition) is 3. The number of carbonyl (C=O) groups is 3. The van der Waals surface area contributed by atoms with Crippen LogP contribution in [0.25, 0.3) is 0 Å². The highest BCUT2D eigenvalue weighted by Gasteiger charge is 2.23. The number of thiophene rings is 1. The maximum absolute atomic E-state index is 11.6. The zero-order chi connectivity index (χ0) is 13.0. The second-order valence-corrected chi connectivity index (χ2v) is 5.91. The molecule has 6 nitrogen and oxygen atoms in total. The van der Waals surface area contributed by atoms with Crippen LogP contribution in [0.2, 0.25) is 0 Å². The lowest BCUT2D eigenvalue weighted by Crippen LogP contribution is -2.42. The quantitative estimate of drug-likeness (QED) is 0.673. The van der Waals surface area contributed by atoms with E-state index in [1.165, 1.54) is 11.3 Å². The Balaban J connectivity index is 2.70. The number of aliphatic carboxylic acids is 2. The van der Waals surface area contributed by atoms with E-state index in [0.717, 1.165) is 2.88 Å². The number of carboxylic acids is 2. The van der Waals surface area contributed by atoms with Gasteiger partial charge in [-0.25, -0.2) is 4.79 Å². The standard InChI is InChI=1S/C9H8INO5S/c10-6-1-4(3-17-6)8(14)11-5(9(15)16)2-7(12)13/h1,3,5H,2H2,(H,11,14)(H,12,13)(H,15,16)/t5-/m0/s1. The summed E-state index contributed by atoms with van der Waals surface area (Å²) < 4.78 is 0.887. The lowest BCUT2D eigenvalue weighted by molar-refractivity contribution is -0.145.